The highest BCUT2D eigenvalue weighted by molar-refractivity contribution is 6.33. The molecule has 0 aliphatic heterocycles. The van der Waals surface area contributed by atoms with E-state index in [1.165, 1.54) is 6.92 Å². The number of nitro benzene ring substituents is 1. The van der Waals surface area contributed by atoms with Crippen molar-refractivity contribution in [1.82, 2.24) is 5.32 Å². The van der Waals surface area contributed by atoms with E-state index in [-0.39, 0.29) is 22.2 Å². The quantitative estimate of drug-likeness (QED) is 0.468. The minimum Gasteiger partial charge on any atom is -0.449 e. The van der Waals surface area contributed by atoms with E-state index in [0.29, 0.717) is 0 Å². The van der Waals surface area contributed by atoms with E-state index in [0.717, 1.165) is 18.2 Å². The number of halogens is 1. The van der Waals surface area contributed by atoms with Gasteiger partial charge < -0.3 is 10.1 Å². The lowest BCUT2D eigenvalue weighted by Gasteiger charge is -2.28. The Bertz CT molecular complexity index is 744. The highest BCUT2D eigenvalue weighted by Gasteiger charge is 2.33. The van der Waals surface area contributed by atoms with Crippen molar-refractivity contribution in [3.63, 3.8) is 0 Å². The predicted molar refractivity (Wildman–Crippen MR) is 90.0 cm³/mol. The number of hydrogen-bond acceptors (Lipinski definition) is 6. The molecule has 0 radical (unpaired) electrons. The van der Waals surface area contributed by atoms with Crippen molar-refractivity contribution in [2.24, 2.45) is 5.92 Å². The molecular formula is C16H18ClN3O5. The molecule has 1 N–H and O–H groups in total. The molecule has 0 unspecified atom stereocenters. The molecule has 0 saturated heterocycles. The number of hydrogen-bond donors (Lipinski definition) is 1. The van der Waals surface area contributed by atoms with Gasteiger partial charge in [0.1, 0.15) is 5.54 Å². The SMILES string of the molecule is CC(C)[C@](C)(C#N)NC(=O)[C@@H](C)OC(=O)c1ccc([N+](=O)[O-])cc1Cl. The summed E-state index contributed by atoms with van der Waals surface area (Å²) in [7, 11) is 0. The number of nitrogens with one attached hydrogen (secondary N) is 1. The molecule has 1 amide bonds. The fourth-order valence-electron chi connectivity index (χ4n) is 1.72. The van der Waals surface area contributed by atoms with E-state index < -0.39 is 28.4 Å². The lowest BCUT2D eigenvalue weighted by molar-refractivity contribution is -0.384. The number of nitro groups is 1. The molecular weight excluding hydrogens is 350 g/mol. The van der Waals surface area contributed by atoms with Crippen molar-refractivity contribution < 1.29 is 19.2 Å². The summed E-state index contributed by atoms with van der Waals surface area (Å²) in [6.45, 7) is 6.47. The second-order valence-corrected chi connectivity index (χ2v) is 6.33. The lowest BCUT2D eigenvalue weighted by atomic mass is 9.90. The number of non-ortho nitro benzene ring substituents is 1. The summed E-state index contributed by atoms with van der Waals surface area (Å²) in [4.78, 5) is 34.3. The van der Waals surface area contributed by atoms with Gasteiger partial charge in [-0.2, -0.15) is 5.26 Å². The number of nitriles is 1. The molecule has 0 heterocycles. The molecule has 2 atom stereocenters. The molecule has 134 valence electrons. The second kappa shape index (κ2) is 7.94. The maximum Gasteiger partial charge on any atom is 0.340 e. The van der Waals surface area contributed by atoms with Gasteiger partial charge in [0.25, 0.3) is 11.6 Å². The summed E-state index contributed by atoms with van der Waals surface area (Å²) in [5.74, 6) is -1.69. The van der Waals surface area contributed by atoms with E-state index in [9.17, 15) is 25.0 Å². The van der Waals surface area contributed by atoms with Gasteiger partial charge >= 0.3 is 5.97 Å². The number of carbonyl (C=O) groups excluding carboxylic acids is 2. The standard InChI is InChI=1S/C16H18ClN3O5/c1-9(2)16(4,8-18)19-14(21)10(3)25-15(22)12-6-5-11(20(23)24)7-13(12)17/h5-7,9-10H,1-4H3,(H,19,21)/t10-,16+/m1/s1. The maximum absolute atomic E-state index is 12.2. The molecule has 0 aromatic heterocycles. The topological polar surface area (TPSA) is 122 Å². The van der Waals surface area contributed by atoms with Crippen molar-refractivity contribution in [2.45, 2.75) is 39.3 Å². The number of amides is 1. The monoisotopic (exact) mass is 367 g/mol. The van der Waals surface area contributed by atoms with Crippen LogP contribution in [-0.2, 0) is 9.53 Å². The average molecular weight is 368 g/mol. The lowest BCUT2D eigenvalue weighted by Crippen LogP contribution is -2.52. The fraction of sp³-hybridized carbons (Fsp3) is 0.438. The predicted octanol–water partition coefficient (Wildman–Crippen LogP) is 2.85. The van der Waals surface area contributed by atoms with Crippen LogP contribution < -0.4 is 5.32 Å². The highest BCUT2D eigenvalue weighted by Crippen LogP contribution is 2.23. The maximum atomic E-state index is 12.2. The summed E-state index contributed by atoms with van der Waals surface area (Å²) in [6.07, 6.45) is -1.18. The van der Waals surface area contributed by atoms with E-state index >= 15 is 0 Å². The number of nitrogens with zero attached hydrogens (tertiary/aromatic N) is 2. The molecule has 1 rings (SSSR count). The fourth-order valence-corrected chi connectivity index (χ4v) is 1.97. The van der Waals surface area contributed by atoms with Gasteiger partial charge in [0.2, 0.25) is 0 Å². The highest BCUT2D eigenvalue weighted by atomic mass is 35.5. The zero-order valence-electron chi connectivity index (χ0n) is 14.2. The van der Waals surface area contributed by atoms with E-state index in [1.54, 1.807) is 20.8 Å². The Hall–Kier alpha value is -2.66. The van der Waals surface area contributed by atoms with Gasteiger partial charge in [-0.15, -0.1) is 0 Å². The van der Waals surface area contributed by atoms with Crippen LogP contribution in [0.25, 0.3) is 0 Å². The number of benzene rings is 1. The van der Waals surface area contributed by atoms with Crippen LogP contribution in [0.15, 0.2) is 18.2 Å². The van der Waals surface area contributed by atoms with E-state index in [2.05, 4.69) is 5.32 Å². The van der Waals surface area contributed by atoms with E-state index in [4.69, 9.17) is 16.3 Å². The van der Waals surface area contributed by atoms with Gasteiger partial charge in [-0.3, -0.25) is 14.9 Å². The van der Waals surface area contributed by atoms with Gasteiger partial charge in [0.15, 0.2) is 6.10 Å². The molecule has 0 aliphatic rings. The zero-order chi connectivity index (χ0) is 19.4. The summed E-state index contributed by atoms with van der Waals surface area (Å²) >= 11 is 5.85. The molecule has 9 heteroatoms. The van der Waals surface area contributed by atoms with Gasteiger partial charge in [-0.05, 0) is 25.8 Å². The van der Waals surface area contributed by atoms with Crippen LogP contribution in [-0.4, -0.2) is 28.4 Å². The Morgan fingerprint density at radius 1 is 1.40 bits per heavy atom. The van der Waals surface area contributed by atoms with Crippen molar-refractivity contribution in [2.75, 3.05) is 0 Å². The number of rotatable bonds is 6. The van der Waals surface area contributed by atoms with Crippen molar-refractivity contribution in [3.05, 3.63) is 38.9 Å². The smallest absolute Gasteiger partial charge is 0.340 e. The molecule has 0 spiro atoms. The zero-order valence-corrected chi connectivity index (χ0v) is 15.0. The Labute approximate surface area is 149 Å². The van der Waals surface area contributed by atoms with Gasteiger partial charge in [-0.1, -0.05) is 25.4 Å². The van der Waals surface area contributed by atoms with Crippen LogP contribution >= 0.6 is 11.6 Å². The van der Waals surface area contributed by atoms with Crippen LogP contribution in [0.3, 0.4) is 0 Å². The van der Waals surface area contributed by atoms with Crippen LogP contribution in [0.5, 0.6) is 0 Å². The molecule has 0 bridgehead atoms. The van der Waals surface area contributed by atoms with Crippen LogP contribution in [0.1, 0.15) is 38.1 Å². The third-order valence-corrected chi connectivity index (χ3v) is 4.12. The largest absolute Gasteiger partial charge is 0.449 e. The van der Waals surface area contributed by atoms with E-state index in [1.807, 2.05) is 6.07 Å². The minimum atomic E-state index is -1.18. The molecule has 0 saturated carbocycles. The van der Waals surface area contributed by atoms with Crippen LogP contribution in [0.4, 0.5) is 5.69 Å². The molecule has 25 heavy (non-hydrogen) atoms. The van der Waals surface area contributed by atoms with Gasteiger partial charge in [0, 0.05) is 12.1 Å². The third kappa shape index (κ3) is 4.90. The Balaban J connectivity index is 2.85. The van der Waals surface area contributed by atoms with Crippen molar-refractivity contribution >= 4 is 29.2 Å². The summed E-state index contributed by atoms with van der Waals surface area (Å²) in [5, 5.41) is 22.3. The molecule has 1 aromatic carbocycles. The second-order valence-electron chi connectivity index (χ2n) is 5.93. The van der Waals surface area contributed by atoms with Crippen LogP contribution in [0, 0.1) is 27.4 Å². The summed E-state index contributed by atoms with van der Waals surface area (Å²) in [6, 6.07) is 5.30. The summed E-state index contributed by atoms with van der Waals surface area (Å²) in [5.41, 5.74) is -1.48. The first kappa shape index (κ1) is 20.4. The van der Waals surface area contributed by atoms with Gasteiger partial charge in [-0.25, -0.2) is 4.79 Å². The Kier molecular flexibility index (Phi) is 6.48. The molecule has 0 fully saturated rings. The first-order chi connectivity index (χ1) is 11.5. The van der Waals surface area contributed by atoms with Gasteiger partial charge in [0.05, 0.1) is 21.6 Å². The van der Waals surface area contributed by atoms with Crippen LogP contribution in [0.2, 0.25) is 5.02 Å². The van der Waals surface area contributed by atoms with Crippen molar-refractivity contribution in [1.29, 1.82) is 5.26 Å². The normalized spacial score (nSPS) is 14.1. The Morgan fingerprint density at radius 3 is 2.44 bits per heavy atom. The Morgan fingerprint density at radius 2 is 2.00 bits per heavy atom. The third-order valence-electron chi connectivity index (χ3n) is 3.81. The number of esters is 1. The first-order valence-corrected chi connectivity index (χ1v) is 7.77. The minimum absolute atomic E-state index is 0.0983. The molecule has 1 aromatic rings. The molecule has 0 aliphatic carbocycles. The van der Waals surface area contributed by atoms with Crippen molar-refractivity contribution in [3.8, 4) is 6.07 Å². The number of ether oxygens (including phenoxy) is 1. The summed E-state index contributed by atoms with van der Waals surface area (Å²) < 4.78 is 5.03. The molecule has 8 nitrogen and oxygen atoms in total. The first-order valence-electron chi connectivity index (χ1n) is 7.40. The average Bonchev–Trinajstić information content (AvgIpc) is 2.53. The number of carbonyl (C=O) groups is 2.